The lowest BCUT2D eigenvalue weighted by Crippen LogP contribution is -2.29. The standard InChI is InChI=1S/C15H17ClO5S/c1-22(18,19)13-8-10(2-3-12(13)16)14(17)21-15(5-6-15)11-4-7-20-9-11/h2-3,8,11H,4-7,9H2,1H3/t11-/m0/s1. The number of benzene rings is 1. The van der Waals surface area contributed by atoms with Crippen LogP contribution in [0.15, 0.2) is 23.1 Å². The summed E-state index contributed by atoms with van der Waals surface area (Å²) in [5.41, 5.74) is -0.228. The molecular formula is C15H17ClO5S. The Morgan fingerprint density at radius 1 is 1.41 bits per heavy atom. The van der Waals surface area contributed by atoms with Crippen molar-refractivity contribution in [2.45, 2.75) is 29.8 Å². The third-order valence-electron chi connectivity index (χ3n) is 4.28. The van der Waals surface area contributed by atoms with Crippen LogP contribution in [0.1, 0.15) is 29.6 Å². The molecule has 3 rings (SSSR count). The van der Waals surface area contributed by atoms with Gasteiger partial charge in [0, 0.05) is 18.8 Å². The molecule has 5 nitrogen and oxygen atoms in total. The molecule has 0 bridgehead atoms. The number of rotatable bonds is 4. The molecule has 1 aromatic rings. The van der Waals surface area contributed by atoms with Gasteiger partial charge in [-0.25, -0.2) is 13.2 Å². The van der Waals surface area contributed by atoms with Gasteiger partial charge in [0.15, 0.2) is 9.84 Å². The minimum atomic E-state index is -3.49. The van der Waals surface area contributed by atoms with Crippen molar-refractivity contribution in [1.29, 1.82) is 0 Å². The van der Waals surface area contributed by atoms with E-state index >= 15 is 0 Å². The third kappa shape index (κ3) is 3.00. The molecule has 7 heteroatoms. The van der Waals surface area contributed by atoms with E-state index in [-0.39, 0.29) is 21.4 Å². The average molecular weight is 345 g/mol. The van der Waals surface area contributed by atoms with Gasteiger partial charge in [0.1, 0.15) is 5.60 Å². The summed E-state index contributed by atoms with van der Waals surface area (Å²) in [4.78, 5) is 12.3. The second-order valence-corrected chi connectivity index (χ2v) is 8.32. The third-order valence-corrected chi connectivity index (χ3v) is 5.86. The number of halogens is 1. The monoisotopic (exact) mass is 344 g/mol. The van der Waals surface area contributed by atoms with Crippen molar-refractivity contribution in [1.82, 2.24) is 0 Å². The van der Waals surface area contributed by atoms with Crippen molar-refractivity contribution in [3.05, 3.63) is 28.8 Å². The number of hydrogen-bond donors (Lipinski definition) is 0. The highest BCUT2D eigenvalue weighted by Gasteiger charge is 2.54. The Balaban J connectivity index is 1.81. The molecule has 1 saturated heterocycles. The zero-order valence-electron chi connectivity index (χ0n) is 12.2. The van der Waals surface area contributed by atoms with E-state index in [9.17, 15) is 13.2 Å². The van der Waals surface area contributed by atoms with E-state index in [2.05, 4.69) is 0 Å². The minimum Gasteiger partial charge on any atom is -0.455 e. The van der Waals surface area contributed by atoms with E-state index in [0.29, 0.717) is 13.2 Å². The van der Waals surface area contributed by atoms with Crippen LogP contribution < -0.4 is 0 Å². The maximum atomic E-state index is 12.3. The largest absolute Gasteiger partial charge is 0.455 e. The number of hydrogen-bond acceptors (Lipinski definition) is 5. The van der Waals surface area contributed by atoms with E-state index in [0.717, 1.165) is 25.5 Å². The SMILES string of the molecule is CS(=O)(=O)c1cc(C(=O)OC2([C@H]3CCOC3)CC2)ccc1Cl. The molecule has 1 atom stereocenters. The van der Waals surface area contributed by atoms with Gasteiger partial charge in [0.05, 0.1) is 22.1 Å². The first-order valence-electron chi connectivity index (χ1n) is 7.12. The first-order valence-corrected chi connectivity index (χ1v) is 9.39. The summed E-state index contributed by atoms with van der Waals surface area (Å²) >= 11 is 5.89. The number of ether oxygens (including phenoxy) is 2. The maximum Gasteiger partial charge on any atom is 0.338 e. The first kappa shape index (κ1) is 15.8. The van der Waals surface area contributed by atoms with Crippen LogP contribution in [-0.4, -0.2) is 39.5 Å². The van der Waals surface area contributed by atoms with Gasteiger partial charge in [0.25, 0.3) is 0 Å². The molecule has 0 spiro atoms. The summed E-state index contributed by atoms with van der Waals surface area (Å²) in [5, 5.41) is 0.101. The lowest BCUT2D eigenvalue weighted by molar-refractivity contribution is 0.000812. The average Bonchev–Trinajstić information content (AvgIpc) is 3.01. The number of carbonyl (C=O) groups is 1. The zero-order valence-corrected chi connectivity index (χ0v) is 13.7. The highest BCUT2D eigenvalue weighted by molar-refractivity contribution is 7.90. The van der Waals surface area contributed by atoms with Crippen LogP contribution in [0.25, 0.3) is 0 Å². The molecule has 1 aliphatic carbocycles. The van der Waals surface area contributed by atoms with Crippen LogP contribution in [0, 0.1) is 5.92 Å². The highest BCUT2D eigenvalue weighted by Crippen LogP contribution is 2.49. The number of sulfone groups is 1. The number of carbonyl (C=O) groups excluding carboxylic acids is 1. The second-order valence-electron chi connectivity index (χ2n) is 5.93. The predicted molar refractivity (Wildman–Crippen MR) is 80.9 cm³/mol. The van der Waals surface area contributed by atoms with Crippen LogP contribution in [0.5, 0.6) is 0 Å². The molecule has 2 fully saturated rings. The van der Waals surface area contributed by atoms with Crippen LogP contribution in [0.3, 0.4) is 0 Å². The Labute approximate surface area is 134 Å². The Morgan fingerprint density at radius 2 is 2.14 bits per heavy atom. The molecule has 0 radical (unpaired) electrons. The molecule has 0 N–H and O–H groups in total. The van der Waals surface area contributed by atoms with Gasteiger partial charge < -0.3 is 9.47 Å². The molecule has 22 heavy (non-hydrogen) atoms. The summed E-state index contributed by atoms with van der Waals surface area (Å²) in [6.07, 6.45) is 3.61. The Kier molecular flexibility index (Phi) is 3.95. The number of esters is 1. The zero-order chi connectivity index (χ0) is 16.0. The fourth-order valence-corrected chi connectivity index (χ4v) is 4.13. The summed E-state index contributed by atoms with van der Waals surface area (Å²) in [5.74, 6) is -0.274. The van der Waals surface area contributed by atoms with Gasteiger partial charge in [-0.15, -0.1) is 0 Å². The molecule has 120 valence electrons. The van der Waals surface area contributed by atoms with Gasteiger partial charge >= 0.3 is 5.97 Å². The van der Waals surface area contributed by atoms with Crippen molar-refractivity contribution in [2.24, 2.45) is 5.92 Å². The predicted octanol–water partition coefficient (Wildman–Crippen LogP) is 2.47. The Morgan fingerprint density at radius 3 is 2.68 bits per heavy atom. The fraction of sp³-hybridized carbons (Fsp3) is 0.533. The van der Waals surface area contributed by atoms with Gasteiger partial charge in [-0.3, -0.25) is 0 Å². The first-order chi connectivity index (χ1) is 10.3. The molecule has 1 saturated carbocycles. The minimum absolute atomic E-state index is 0.0577. The quantitative estimate of drug-likeness (QED) is 0.785. The van der Waals surface area contributed by atoms with Gasteiger partial charge in [-0.1, -0.05) is 11.6 Å². The Bertz CT molecular complexity index is 703. The summed E-state index contributed by atoms with van der Waals surface area (Å²) in [6.45, 7) is 1.31. The van der Waals surface area contributed by atoms with Crippen molar-refractivity contribution >= 4 is 27.4 Å². The van der Waals surface area contributed by atoms with Crippen LogP contribution in [-0.2, 0) is 19.3 Å². The lowest BCUT2D eigenvalue weighted by Gasteiger charge is -2.22. The van der Waals surface area contributed by atoms with E-state index in [4.69, 9.17) is 21.1 Å². The van der Waals surface area contributed by atoms with Crippen LogP contribution >= 0.6 is 11.6 Å². The van der Waals surface area contributed by atoms with Gasteiger partial charge in [0.2, 0.25) is 0 Å². The van der Waals surface area contributed by atoms with Crippen molar-refractivity contribution in [2.75, 3.05) is 19.5 Å². The van der Waals surface area contributed by atoms with E-state index < -0.39 is 21.4 Å². The van der Waals surface area contributed by atoms with Crippen LogP contribution in [0.2, 0.25) is 5.02 Å². The maximum absolute atomic E-state index is 12.3. The highest BCUT2D eigenvalue weighted by atomic mass is 35.5. The molecule has 0 unspecified atom stereocenters. The topological polar surface area (TPSA) is 69.7 Å². The normalized spacial score (nSPS) is 23.3. The van der Waals surface area contributed by atoms with E-state index in [1.807, 2.05) is 0 Å². The fourth-order valence-electron chi connectivity index (χ4n) is 2.82. The molecule has 0 aromatic heterocycles. The van der Waals surface area contributed by atoms with E-state index in [1.165, 1.54) is 18.2 Å². The van der Waals surface area contributed by atoms with Crippen molar-refractivity contribution in [3.8, 4) is 0 Å². The summed E-state index contributed by atoms with van der Waals surface area (Å²) in [7, 11) is -3.49. The van der Waals surface area contributed by atoms with E-state index in [1.54, 1.807) is 0 Å². The smallest absolute Gasteiger partial charge is 0.338 e. The van der Waals surface area contributed by atoms with Crippen LogP contribution in [0.4, 0.5) is 0 Å². The lowest BCUT2D eigenvalue weighted by atomic mass is 9.99. The summed E-state index contributed by atoms with van der Waals surface area (Å²) < 4.78 is 34.4. The van der Waals surface area contributed by atoms with Crippen molar-refractivity contribution < 1.29 is 22.7 Å². The Hall–Kier alpha value is -1.11. The molecule has 2 aliphatic rings. The molecular weight excluding hydrogens is 328 g/mol. The van der Waals surface area contributed by atoms with Gasteiger partial charge in [-0.2, -0.15) is 0 Å². The molecule has 1 heterocycles. The molecule has 1 aromatic carbocycles. The van der Waals surface area contributed by atoms with Crippen molar-refractivity contribution in [3.63, 3.8) is 0 Å². The second kappa shape index (κ2) is 5.51. The van der Waals surface area contributed by atoms with Gasteiger partial charge in [-0.05, 0) is 37.5 Å². The summed E-state index contributed by atoms with van der Waals surface area (Å²) in [6, 6.07) is 4.18. The molecule has 0 amide bonds. The molecule has 1 aliphatic heterocycles.